The molecular formula is C30H29N3O. The topological polar surface area (TPSA) is 56.1 Å². The van der Waals surface area contributed by atoms with Crippen molar-refractivity contribution in [1.29, 1.82) is 5.26 Å². The minimum Gasteiger partial charge on any atom is -0.319 e. The average Bonchev–Trinajstić information content (AvgIpc) is 2.87. The molecule has 0 fully saturated rings. The fourth-order valence-electron chi connectivity index (χ4n) is 4.51. The fraction of sp³-hybridized carbons (Fsp3) is 0.200. The third-order valence-corrected chi connectivity index (χ3v) is 6.54. The maximum absolute atomic E-state index is 13.6. The highest BCUT2D eigenvalue weighted by Gasteiger charge is 2.35. The van der Waals surface area contributed by atoms with Gasteiger partial charge in [-0.05, 0) is 72.1 Å². The highest BCUT2D eigenvalue weighted by Crippen LogP contribution is 2.33. The summed E-state index contributed by atoms with van der Waals surface area (Å²) < 4.78 is 0. The quantitative estimate of drug-likeness (QED) is 0.356. The predicted octanol–water partition coefficient (Wildman–Crippen LogP) is 6.24. The molecule has 0 aliphatic rings. The molecule has 0 spiro atoms. The number of benzene rings is 4. The molecule has 34 heavy (non-hydrogen) atoms. The largest absolute Gasteiger partial charge is 0.319 e. The molecule has 0 saturated heterocycles. The van der Waals surface area contributed by atoms with Crippen molar-refractivity contribution in [1.82, 2.24) is 10.2 Å². The van der Waals surface area contributed by atoms with E-state index in [2.05, 4.69) is 68.6 Å². The Morgan fingerprint density at radius 1 is 0.971 bits per heavy atom. The van der Waals surface area contributed by atoms with E-state index in [0.29, 0.717) is 17.7 Å². The zero-order chi connectivity index (χ0) is 24.3. The number of carbonyl (C=O) groups excluding carboxylic acids is 1. The summed E-state index contributed by atoms with van der Waals surface area (Å²) in [7, 11) is 1.85. The summed E-state index contributed by atoms with van der Waals surface area (Å²) in [4.78, 5) is 15.4. The van der Waals surface area contributed by atoms with Crippen molar-refractivity contribution >= 4 is 16.7 Å². The van der Waals surface area contributed by atoms with Gasteiger partial charge >= 0.3 is 0 Å². The summed E-state index contributed by atoms with van der Waals surface area (Å²) in [5, 5.41) is 14.9. The molecule has 0 saturated carbocycles. The van der Waals surface area contributed by atoms with Crippen molar-refractivity contribution in [2.45, 2.75) is 26.4 Å². The third-order valence-electron chi connectivity index (χ3n) is 6.54. The molecule has 0 aromatic heterocycles. The summed E-state index contributed by atoms with van der Waals surface area (Å²) in [6, 6.07) is 29.9. The molecule has 1 amide bonds. The van der Waals surface area contributed by atoms with E-state index in [0.717, 1.165) is 27.5 Å². The first kappa shape index (κ1) is 23.2. The molecule has 4 aromatic carbocycles. The lowest BCUT2D eigenvalue weighted by atomic mass is 9.92. The van der Waals surface area contributed by atoms with E-state index >= 15 is 0 Å². The highest BCUT2D eigenvalue weighted by molar-refractivity contribution is 5.96. The minimum atomic E-state index is -0.688. The van der Waals surface area contributed by atoms with Crippen molar-refractivity contribution < 1.29 is 4.79 Å². The lowest BCUT2D eigenvalue weighted by Crippen LogP contribution is -2.54. The molecule has 1 atom stereocenters. The number of nitriles is 1. The number of hydrogen-bond donors (Lipinski definition) is 1. The summed E-state index contributed by atoms with van der Waals surface area (Å²) in [6.45, 7) is 6.92. The second kappa shape index (κ2) is 9.51. The van der Waals surface area contributed by atoms with Gasteiger partial charge in [-0.25, -0.2) is 0 Å². The average molecular weight is 448 g/mol. The smallest absolute Gasteiger partial charge is 0.255 e. The first-order valence-electron chi connectivity index (χ1n) is 11.5. The molecule has 4 rings (SSSR count). The van der Waals surface area contributed by atoms with Gasteiger partial charge in [-0.2, -0.15) is 5.26 Å². The molecule has 0 heterocycles. The van der Waals surface area contributed by atoms with Crippen LogP contribution in [0.4, 0.5) is 0 Å². The lowest BCUT2D eigenvalue weighted by molar-refractivity contribution is 0.0510. The predicted molar refractivity (Wildman–Crippen MR) is 138 cm³/mol. The van der Waals surface area contributed by atoms with Crippen LogP contribution in [0.2, 0.25) is 0 Å². The first-order chi connectivity index (χ1) is 16.4. The van der Waals surface area contributed by atoms with Crippen LogP contribution in [0.5, 0.6) is 0 Å². The van der Waals surface area contributed by atoms with E-state index in [1.165, 1.54) is 5.56 Å². The van der Waals surface area contributed by atoms with E-state index in [1.807, 2.05) is 43.4 Å². The van der Waals surface area contributed by atoms with Gasteiger partial charge in [0.2, 0.25) is 0 Å². The van der Waals surface area contributed by atoms with Crippen LogP contribution in [-0.2, 0) is 5.66 Å². The number of nitrogens with one attached hydrogen (secondary N) is 1. The summed E-state index contributed by atoms with van der Waals surface area (Å²) in [6.07, 6.45) is 0. The zero-order valence-corrected chi connectivity index (χ0v) is 20.1. The molecule has 4 nitrogen and oxygen atoms in total. The standard InChI is InChI=1S/C30H29N3O/c1-5-32-30(3,28-8-6-7-26-19-21(2)9-18-27(26)28)33(4)29(34)25-16-14-24(15-17-25)23-12-10-22(20-31)11-13-23/h6-19,32H,5H2,1-4H3. The van der Waals surface area contributed by atoms with Crippen LogP contribution < -0.4 is 5.32 Å². The van der Waals surface area contributed by atoms with Gasteiger partial charge < -0.3 is 4.90 Å². The van der Waals surface area contributed by atoms with Gasteiger partial charge in [0.1, 0.15) is 5.66 Å². The highest BCUT2D eigenvalue weighted by atomic mass is 16.2. The number of nitrogens with zero attached hydrogens (tertiary/aromatic N) is 2. The molecule has 0 aliphatic carbocycles. The number of hydrogen-bond acceptors (Lipinski definition) is 3. The normalized spacial score (nSPS) is 12.7. The second-order valence-corrected chi connectivity index (χ2v) is 8.76. The van der Waals surface area contributed by atoms with E-state index < -0.39 is 5.66 Å². The number of carbonyl (C=O) groups is 1. The van der Waals surface area contributed by atoms with E-state index in [1.54, 1.807) is 17.0 Å². The maximum atomic E-state index is 13.6. The van der Waals surface area contributed by atoms with Crippen LogP contribution >= 0.6 is 0 Å². The number of aryl methyl sites for hydroxylation is 1. The molecule has 0 radical (unpaired) electrons. The van der Waals surface area contributed by atoms with Crippen LogP contribution in [0.3, 0.4) is 0 Å². The summed E-state index contributed by atoms with van der Waals surface area (Å²) in [5.74, 6) is -0.0565. The Balaban J connectivity index is 1.67. The van der Waals surface area contributed by atoms with Gasteiger partial charge in [0.05, 0.1) is 11.6 Å². The van der Waals surface area contributed by atoms with Gasteiger partial charge in [-0.3, -0.25) is 10.1 Å². The zero-order valence-electron chi connectivity index (χ0n) is 20.1. The number of fused-ring (bicyclic) bond motifs is 1. The molecule has 4 heteroatoms. The van der Waals surface area contributed by atoms with E-state index in [9.17, 15) is 4.79 Å². The molecule has 0 bridgehead atoms. The van der Waals surface area contributed by atoms with Crippen molar-refractivity contribution in [3.05, 3.63) is 107 Å². The first-order valence-corrected chi connectivity index (χ1v) is 11.5. The van der Waals surface area contributed by atoms with Crippen LogP contribution in [0.25, 0.3) is 21.9 Å². The molecule has 1 N–H and O–H groups in total. The van der Waals surface area contributed by atoms with Crippen LogP contribution in [0.1, 0.15) is 40.9 Å². The SMILES string of the molecule is CCNC(C)(c1cccc2cc(C)ccc12)N(C)C(=O)c1ccc(-c2ccc(C#N)cc2)cc1. The molecule has 170 valence electrons. The second-order valence-electron chi connectivity index (χ2n) is 8.76. The Hall–Kier alpha value is -3.94. The van der Waals surface area contributed by atoms with Gasteiger partial charge in [0.15, 0.2) is 0 Å². The van der Waals surface area contributed by atoms with E-state index in [4.69, 9.17) is 5.26 Å². The molecule has 0 aliphatic heterocycles. The van der Waals surface area contributed by atoms with Crippen molar-refractivity contribution in [2.75, 3.05) is 13.6 Å². The summed E-state index contributed by atoms with van der Waals surface area (Å²) >= 11 is 0. The number of amides is 1. The van der Waals surface area contributed by atoms with Gasteiger partial charge in [-0.15, -0.1) is 0 Å². The minimum absolute atomic E-state index is 0.0565. The Bertz CT molecular complexity index is 1370. The monoisotopic (exact) mass is 447 g/mol. The Morgan fingerprint density at radius 3 is 2.24 bits per heavy atom. The Morgan fingerprint density at radius 2 is 1.62 bits per heavy atom. The van der Waals surface area contributed by atoms with Crippen LogP contribution in [0.15, 0.2) is 84.9 Å². The van der Waals surface area contributed by atoms with Crippen molar-refractivity contribution in [3.8, 4) is 17.2 Å². The van der Waals surface area contributed by atoms with Crippen LogP contribution in [-0.4, -0.2) is 24.4 Å². The van der Waals surface area contributed by atoms with E-state index in [-0.39, 0.29) is 5.91 Å². The number of rotatable bonds is 6. The van der Waals surface area contributed by atoms with Crippen molar-refractivity contribution in [2.24, 2.45) is 0 Å². The Labute approximate surface area is 201 Å². The van der Waals surface area contributed by atoms with Gasteiger partial charge in [-0.1, -0.05) is 73.2 Å². The molecular weight excluding hydrogens is 418 g/mol. The summed E-state index contributed by atoms with van der Waals surface area (Å²) in [5.41, 5.74) is 4.85. The third kappa shape index (κ3) is 4.31. The lowest BCUT2D eigenvalue weighted by Gasteiger charge is -2.41. The van der Waals surface area contributed by atoms with Crippen LogP contribution in [0, 0.1) is 18.3 Å². The molecule has 1 unspecified atom stereocenters. The molecule has 4 aromatic rings. The maximum Gasteiger partial charge on any atom is 0.255 e. The van der Waals surface area contributed by atoms with Gasteiger partial charge in [0, 0.05) is 12.6 Å². The van der Waals surface area contributed by atoms with Gasteiger partial charge in [0.25, 0.3) is 5.91 Å². The van der Waals surface area contributed by atoms with Crippen molar-refractivity contribution in [3.63, 3.8) is 0 Å². The Kier molecular flexibility index (Phi) is 6.49. The fourth-order valence-corrected chi connectivity index (χ4v) is 4.51.